The van der Waals surface area contributed by atoms with Crippen LogP contribution in [0.25, 0.3) is 11.4 Å². The summed E-state index contributed by atoms with van der Waals surface area (Å²) in [5.74, 6) is 0.806. The van der Waals surface area contributed by atoms with Gasteiger partial charge in [-0.05, 0) is 107 Å². The molecule has 1 aromatic heterocycles. The summed E-state index contributed by atoms with van der Waals surface area (Å²) in [4.78, 5) is 27.8. The second-order valence-corrected chi connectivity index (χ2v) is 18.9. The summed E-state index contributed by atoms with van der Waals surface area (Å²) in [7, 11) is 0. The highest BCUT2D eigenvalue weighted by Crippen LogP contribution is 2.44. The number of allylic oxidation sites excluding steroid dienone is 10. The first kappa shape index (κ1) is 41.4. The van der Waals surface area contributed by atoms with Crippen LogP contribution in [0, 0.1) is 21.7 Å². The maximum atomic E-state index is 13.9. The highest BCUT2D eigenvalue weighted by Gasteiger charge is 2.37. The van der Waals surface area contributed by atoms with Crippen molar-refractivity contribution in [3.63, 3.8) is 0 Å². The molecule has 0 spiro atoms. The Kier molecular flexibility index (Phi) is 11.6. The van der Waals surface area contributed by atoms with Crippen LogP contribution in [-0.2, 0) is 9.59 Å². The quantitative estimate of drug-likeness (QED) is 0.233. The van der Waals surface area contributed by atoms with Crippen LogP contribution in [0.1, 0.15) is 94.6 Å². The number of furan rings is 1. The van der Waals surface area contributed by atoms with Gasteiger partial charge < -0.3 is 4.42 Å². The second-order valence-electron chi connectivity index (χ2n) is 18.0. The van der Waals surface area contributed by atoms with E-state index < -0.39 is 21.7 Å². The van der Waals surface area contributed by atoms with Crippen molar-refractivity contribution in [2.45, 2.75) is 83.1 Å². The molecule has 0 saturated carbocycles. The van der Waals surface area contributed by atoms with Crippen molar-refractivity contribution in [3.05, 3.63) is 140 Å². The fourth-order valence-corrected chi connectivity index (χ4v) is 6.33. The molecular formula is C46H50Cl2N4O3. The fraction of sp³-hybridized carbons (Fsp3) is 0.348. The molecule has 2 aliphatic rings. The third-order valence-corrected chi connectivity index (χ3v) is 9.72. The molecule has 3 aromatic rings. The fourth-order valence-electron chi connectivity index (χ4n) is 6.08. The molecule has 2 aromatic carbocycles. The van der Waals surface area contributed by atoms with Gasteiger partial charge in [0.2, 0.25) is 0 Å². The monoisotopic (exact) mass is 776 g/mol. The van der Waals surface area contributed by atoms with E-state index in [1.165, 1.54) is 0 Å². The van der Waals surface area contributed by atoms with Crippen LogP contribution < -0.4 is 0 Å². The molecule has 9 heteroatoms. The topological polar surface area (TPSA) is 96.7 Å². The number of carbonyl (C=O) groups excluding carboxylic acids is 2. The Morgan fingerprint density at radius 1 is 0.455 bits per heavy atom. The molecule has 7 nitrogen and oxygen atoms in total. The minimum Gasteiger partial charge on any atom is -0.453 e. The van der Waals surface area contributed by atoms with Crippen molar-refractivity contribution in [2.24, 2.45) is 42.1 Å². The number of benzene rings is 2. The Balaban J connectivity index is 1.82. The summed E-state index contributed by atoms with van der Waals surface area (Å²) in [5.41, 5.74) is 4.21. The average Bonchev–Trinajstić information content (AvgIpc) is 3.55. The Hall–Kier alpha value is -4.72. The maximum Gasteiger partial charge on any atom is 0.186 e. The van der Waals surface area contributed by atoms with Crippen LogP contribution in [0.15, 0.2) is 143 Å². The maximum absolute atomic E-state index is 13.9. The minimum atomic E-state index is -0.452. The number of azo groups is 2. The van der Waals surface area contributed by atoms with E-state index in [1.807, 2.05) is 120 Å². The molecule has 0 atom stereocenters. The first-order chi connectivity index (χ1) is 25.4. The van der Waals surface area contributed by atoms with Gasteiger partial charge in [0, 0.05) is 43.5 Å². The number of Topliss-reactive ketones (excluding diaryl/α,β-unsaturated/α-hetero) is 2. The Labute approximate surface area is 335 Å². The van der Waals surface area contributed by atoms with E-state index in [9.17, 15) is 9.59 Å². The van der Waals surface area contributed by atoms with Gasteiger partial charge in [-0.3, -0.25) is 9.59 Å². The average molecular weight is 778 g/mol. The van der Waals surface area contributed by atoms with E-state index in [-0.39, 0.29) is 11.6 Å². The van der Waals surface area contributed by atoms with E-state index in [0.717, 1.165) is 0 Å². The molecule has 2 aliphatic carbocycles. The predicted molar refractivity (Wildman–Crippen MR) is 225 cm³/mol. The molecule has 0 aliphatic heterocycles. The van der Waals surface area contributed by atoms with E-state index in [4.69, 9.17) is 37.8 Å². The van der Waals surface area contributed by atoms with Gasteiger partial charge in [-0.15, -0.1) is 10.2 Å². The summed E-state index contributed by atoms with van der Waals surface area (Å²) < 4.78 is 6.71. The number of halogens is 2. The zero-order chi connectivity index (χ0) is 40.7. The van der Waals surface area contributed by atoms with Gasteiger partial charge >= 0.3 is 0 Å². The normalized spacial score (nSPS) is 16.1. The van der Waals surface area contributed by atoms with Gasteiger partial charge in [-0.25, -0.2) is 0 Å². The number of nitrogens with zero attached hydrogens (tertiary/aromatic N) is 4. The van der Waals surface area contributed by atoms with Gasteiger partial charge in [-0.2, -0.15) is 10.2 Å². The third-order valence-electron chi connectivity index (χ3n) is 9.21. The van der Waals surface area contributed by atoms with Crippen molar-refractivity contribution in [1.82, 2.24) is 0 Å². The molecule has 286 valence electrons. The minimum absolute atomic E-state index is 0.00206. The highest BCUT2D eigenvalue weighted by atomic mass is 35.5. The SMILES string of the molecule is CC(C)(C)C1=CC(=C(/N=N/c2ccc(Cl)cc2)c2ccc(C(/N=N/c3ccc(Cl)cc3)=C3C=C(C(C)(C)C)C(=O)C(C(C)(C)C)=C3)o2)C=C(C(C)(C)C)C1=O. The number of ketones is 2. The zero-order valence-corrected chi connectivity index (χ0v) is 35.4. The predicted octanol–water partition coefficient (Wildman–Crippen LogP) is 14.6. The lowest BCUT2D eigenvalue weighted by Gasteiger charge is -2.31. The first-order valence-electron chi connectivity index (χ1n) is 18.4. The molecule has 0 radical (unpaired) electrons. The molecule has 0 N–H and O–H groups in total. The number of carbonyl (C=O) groups is 2. The first-order valence-corrected chi connectivity index (χ1v) is 19.1. The molecular weight excluding hydrogens is 727 g/mol. The second kappa shape index (κ2) is 15.4. The Morgan fingerprint density at radius 2 is 0.727 bits per heavy atom. The van der Waals surface area contributed by atoms with Crippen LogP contribution in [0.3, 0.4) is 0 Å². The lowest BCUT2D eigenvalue weighted by Crippen LogP contribution is -2.28. The van der Waals surface area contributed by atoms with E-state index in [0.29, 0.717) is 77.8 Å². The van der Waals surface area contributed by atoms with Gasteiger partial charge in [-0.1, -0.05) is 106 Å². The summed E-state index contributed by atoms with van der Waals surface area (Å²) in [6.07, 6.45) is 7.55. The summed E-state index contributed by atoms with van der Waals surface area (Å²) in [6.45, 7) is 24.3. The smallest absolute Gasteiger partial charge is 0.186 e. The standard InChI is InChI=1S/C46H50Cl2N4O3/c1-43(2,3)33-23-27(24-34(41(33)53)44(4,5)6)39(51-49-31-17-13-29(47)14-18-31)37-21-22-38(55-37)40(52-50-32-19-15-30(48)16-20-32)28-25-35(45(7,8)9)42(54)36(26-28)46(10,11)12/h13-26H,1-12H3/b51-49+,52-50+. The van der Waals surface area contributed by atoms with Crippen LogP contribution >= 0.6 is 23.2 Å². The Bertz CT molecular complexity index is 2030. The molecule has 0 unspecified atom stereocenters. The van der Waals surface area contributed by atoms with Crippen LogP contribution in [0.4, 0.5) is 11.4 Å². The van der Waals surface area contributed by atoms with Crippen LogP contribution in [0.2, 0.25) is 10.0 Å². The van der Waals surface area contributed by atoms with E-state index in [1.54, 1.807) is 48.5 Å². The molecule has 0 saturated heterocycles. The van der Waals surface area contributed by atoms with Crippen molar-refractivity contribution in [3.8, 4) is 0 Å². The lowest BCUT2D eigenvalue weighted by atomic mass is 9.71. The van der Waals surface area contributed by atoms with Gasteiger partial charge in [0.05, 0.1) is 11.4 Å². The molecule has 0 amide bonds. The van der Waals surface area contributed by atoms with Crippen molar-refractivity contribution < 1.29 is 14.0 Å². The molecule has 55 heavy (non-hydrogen) atoms. The molecule has 5 rings (SSSR count). The molecule has 0 fully saturated rings. The lowest BCUT2D eigenvalue weighted by molar-refractivity contribution is -0.114. The summed E-state index contributed by atoms with van der Waals surface area (Å²) in [6, 6.07) is 17.8. The molecule has 0 bridgehead atoms. The summed E-state index contributed by atoms with van der Waals surface area (Å²) >= 11 is 12.3. The Morgan fingerprint density at radius 3 is 0.982 bits per heavy atom. The largest absolute Gasteiger partial charge is 0.453 e. The number of hydrogen-bond donors (Lipinski definition) is 0. The summed E-state index contributed by atoms with van der Waals surface area (Å²) in [5, 5.41) is 19.9. The number of hydrogen-bond acceptors (Lipinski definition) is 7. The van der Waals surface area contributed by atoms with E-state index in [2.05, 4.69) is 10.2 Å². The zero-order valence-electron chi connectivity index (χ0n) is 33.9. The molecule has 1 heterocycles. The van der Waals surface area contributed by atoms with Crippen molar-refractivity contribution >= 4 is 57.5 Å². The van der Waals surface area contributed by atoms with Gasteiger partial charge in [0.1, 0.15) is 11.4 Å². The highest BCUT2D eigenvalue weighted by molar-refractivity contribution is 6.30. The van der Waals surface area contributed by atoms with Crippen LogP contribution in [0.5, 0.6) is 0 Å². The van der Waals surface area contributed by atoms with E-state index >= 15 is 0 Å². The van der Waals surface area contributed by atoms with Gasteiger partial charge in [0.15, 0.2) is 23.1 Å². The van der Waals surface area contributed by atoms with Gasteiger partial charge in [0.25, 0.3) is 0 Å². The number of rotatable bonds is 6. The third kappa shape index (κ3) is 9.75. The van der Waals surface area contributed by atoms with Crippen molar-refractivity contribution in [2.75, 3.05) is 0 Å². The van der Waals surface area contributed by atoms with Crippen molar-refractivity contribution in [1.29, 1.82) is 0 Å². The van der Waals surface area contributed by atoms with Crippen LogP contribution in [-0.4, -0.2) is 11.6 Å².